The summed E-state index contributed by atoms with van der Waals surface area (Å²) >= 11 is 0. The van der Waals surface area contributed by atoms with Crippen molar-refractivity contribution in [2.75, 3.05) is 23.7 Å². The van der Waals surface area contributed by atoms with Crippen molar-refractivity contribution >= 4 is 11.4 Å². The maximum atomic E-state index is 5.98. The van der Waals surface area contributed by atoms with Crippen molar-refractivity contribution in [1.82, 2.24) is 0 Å². The van der Waals surface area contributed by atoms with Gasteiger partial charge in [-0.3, -0.25) is 0 Å². The highest BCUT2D eigenvalue weighted by molar-refractivity contribution is 5.58. The van der Waals surface area contributed by atoms with Crippen LogP contribution >= 0.6 is 0 Å². The number of hydrogen-bond donors (Lipinski definition) is 2. The van der Waals surface area contributed by atoms with Gasteiger partial charge in [0.1, 0.15) is 0 Å². The van der Waals surface area contributed by atoms with Crippen LogP contribution in [0.2, 0.25) is 0 Å². The van der Waals surface area contributed by atoms with E-state index in [1.54, 1.807) is 0 Å². The van der Waals surface area contributed by atoms with Gasteiger partial charge < -0.3 is 16.4 Å². The Morgan fingerprint density at radius 3 is 2.81 bits per heavy atom. The summed E-state index contributed by atoms with van der Waals surface area (Å²) < 4.78 is 0. The first-order valence-electron chi connectivity index (χ1n) is 6.03. The summed E-state index contributed by atoms with van der Waals surface area (Å²) in [4.78, 5) is 2.42. The van der Waals surface area contributed by atoms with E-state index in [9.17, 15) is 0 Å². The second kappa shape index (κ2) is 4.74. The van der Waals surface area contributed by atoms with Crippen LogP contribution in [0, 0.1) is 6.92 Å². The number of nitrogen functional groups attached to an aromatic ring is 1. The van der Waals surface area contributed by atoms with Crippen LogP contribution in [-0.4, -0.2) is 19.1 Å². The van der Waals surface area contributed by atoms with E-state index in [0.717, 1.165) is 37.2 Å². The molecule has 1 aromatic rings. The maximum Gasteiger partial charge on any atom is 0.0370 e. The summed E-state index contributed by atoms with van der Waals surface area (Å²) in [5.74, 6) is 0. The number of anilines is 2. The highest BCUT2D eigenvalue weighted by Crippen LogP contribution is 2.23. The minimum atomic E-state index is 0.375. The third-order valence-electron chi connectivity index (χ3n) is 3.39. The molecule has 0 amide bonds. The van der Waals surface area contributed by atoms with Crippen LogP contribution in [0.1, 0.15) is 24.8 Å². The number of hydrogen-bond acceptors (Lipinski definition) is 3. The third-order valence-corrected chi connectivity index (χ3v) is 3.39. The summed E-state index contributed by atoms with van der Waals surface area (Å²) in [5, 5.41) is 0. The smallest absolute Gasteiger partial charge is 0.0370 e. The molecular formula is C13H21N3. The Balaban J connectivity index is 2.13. The predicted molar refractivity (Wildman–Crippen MR) is 69.6 cm³/mol. The minimum Gasteiger partial charge on any atom is -0.399 e. The van der Waals surface area contributed by atoms with Crippen molar-refractivity contribution in [3.05, 3.63) is 23.8 Å². The minimum absolute atomic E-state index is 0.375. The van der Waals surface area contributed by atoms with Crippen molar-refractivity contribution in [2.24, 2.45) is 5.73 Å². The van der Waals surface area contributed by atoms with Gasteiger partial charge in [0.25, 0.3) is 0 Å². The van der Waals surface area contributed by atoms with E-state index in [1.807, 2.05) is 6.07 Å². The van der Waals surface area contributed by atoms with Gasteiger partial charge in [0.15, 0.2) is 0 Å². The van der Waals surface area contributed by atoms with Crippen molar-refractivity contribution in [2.45, 2.75) is 32.2 Å². The standard InChI is InChI=1S/C13H21N3/c1-10-9-12(4-5-13(10)15)16-7-2-3-11(14)6-8-16/h4-5,9,11H,2-3,6-8,14-15H2,1H3. The molecule has 0 aromatic heterocycles. The van der Waals surface area contributed by atoms with E-state index in [4.69, 9.17) is 11.5 Å². The zero-order valence-electron chi connectivity index (χ0n) is 9.95. The average molecular weight is 219 g/mol. The van der Waals surface area contributed by atoms with Gasteiger partial charge >= 0.3 is 0 Å². The first-order chi connectivity index (χ1) is 7.66. The van der Waals surface area contributed by atoms with E-state index in [0.29, 0.717) is 6.04 Å². The molecule has 3 heteroatoms. The molecule has 4 N–H and O–H groups in total. The molecule has 0 spiro atoms. The molecule has 1 fully saturated rings. The zero-order chi connectivity index (χ0) is 11.5. The van der Waals surface area contributed by atoms with Crippen LogP contribution in [0.15, 0.2) is 18.2 Å². The van der Waals surface area contributed by atoms with Crippen molar-refractivity contribution < 1.29 is 0 Å². The van der Waals surface area contributed by atoms with Crippen molar-refractivity contribution in [3.63, 3.8) is 0 Å². The van der Waals surface area contributed by atoms with Gasteiger partial charge in [-0.25, -0.2) is 0 Å². The Morgan fingerprint density at radius 2 is 2.06 bits per heavy atom. The molecule has 0 radical (unpaired) electrons. The Morgan fingerprint density at radius 1 is 1.25 bits per heavy atom. The average Bonchev–Trinajstić information content (AvgIpc) is 2.47. The van der Waals surface area contributed by atoms with Gasteiger partial charge in [-0.05, 0) is 49.9 Å². The monoisotopic (exact) mass is 219 g/mol. The molecule has 1 aromatic carbocycles. The van der Waals surface area contributed by atoms with Crippen molar-refractivity contribution in [1.29, 1.82) is 0 Å². The Labute approximate surface area is 97.4 Å². The topological polar surface area (TPSA) is 55.3 Å². The second-order valence-corrected chi connectivity index (χ2v) is 4.72. The summed E-state index contributed by atoms with van der Waals surface area (Å²) in [6, 6.07) is 6.65. The summed E-state index contributed by atoms with van der Waals surface area (Å²) in [6.07, 6.45) is 3.42. The van der Waals surface area contributed by atoms with E-state index in [-0.39, 0.29) is 0 Å². The molecule has 1 saturated heterocycles. The van der Waals surface area contributed by atoms with Crippen LogP contribution in [0.5, 0.6) is 0 Å². The largest absolute Gasteiger partial charge is 0.399 e. The molecule has 0 saturated carbocycles. The maximum absolute atomic E-state index is 5.98. The molecule has 3 nitrogen and oxygen atoms in total. The molecule has 88 valence electrons. The van der Waals surface area contributed by atoms with Gasteiger partial charge in [0, 0.05) is 30.5 Å². The highest BCUT2D eigenvalue weighted by atomic mass is 15.1. The second-order valence-electron chi connectivity index (χ2n) is 4.72. The third kappa shape index (κ3) is 2.47. The lowest BCUT2D eigenvalue weighted by Gasteiger charge is -2.23. The number of rotatable bonds is 1. The van der Waals surface area contributed by atoms with Gasteiger partial charge in [-0.2, -0.15) is 0 Å². The number of nitrogens with two attached hydrogens (primary N) is 2. The van der Waals surface area contributed by atoms with Gasteiger partial charge in [-0.15, -0.1) is 0 Å². The van der Waals surface area contributed by atoms with Crippen LogP contribution in [0.4, 0.5) is 11.4 Å². The molecule has 0 bridgehead atoms. The Hall–Kier alpha value is -1.22. The van der Waals surface area contributed by atoms with E-state index < -0.39 is 0 Å². The molecule has 1 heterocycles. The van der Waals surface area contributed by atoms with E-state index >= 15 is 0 Å². The molecule has 1 atom stereocenters. The van der Waals surface area contributed by atoms with Gasteiger partial charge in [-0.1, -0.05) is 0 Å². The zero-order valence-corrected chi connectivity index (χ0v) is 9.95. The molecule has 16 heavy (non-hydrogen) atoms. The molecule has 1 unspecified atom stereocenters. The first-order valence-corrected chi connectivity index (χ1v) is 6.03. The molecule has 1 aliphatic rings. The first kappa shape index (κ1) is 11.3. The van der Waals surface area contributed by atoms with Crippen molar-refractivity contribution in [3.8, 4) is 0 Å². The lowest BCUT2D eigenvalue weighted by Crippen LogP contribution is -2.26. The highest BCUT2D eigenvalue weighted by Gasteiger charge is 2.14. The van der Waals surface area contributed by atoms with Crippen LogP contribution in [-0.2, 0) is 0 Å². The molecule has 0 aliphatic carbocycles. The van der Waals surface area contributed by atoms with Gasteiger partial charge in [0.2, 0.25) is 0 Å². The lowest BCUT2D eigenvalue weighted by molar-refractivity contribution is 0.601. The van der Waals surface area contributed by atoms with Gasteiger partial charge in [0.05, 0.1) is 0 Å². The normalized spacial score (nSPS) is 21.9. The summed E-state index contributed by atoms with van der Waals surface area (Å²) in [5.41, 5.74) is 15.1. The number of aryl methyl sites for hydroxylation is 1. The van der Waals surface area contributed by atoms with Crippen LogP contribution in [0.3, 0.4) is 0 Å². The number of nitrogens with zero attached hydrogens (tertiary/aromatic N) is 1. The predicted octanol–water partition coefficient (Wildman–Crippen LogP) is 1.89. The Kier molecular flexibility index (Phi) is 3.34. The molecular weight excluding hydrogens is 198 g/mol. The summed E-state index contributed by atoms with van der Waals surface area (Å²) in [7, 11) is 0. The van der Waals surface area contributed by atoms with Crippen LogP contribution in [0.25, 0.3) is 0 Å². The van der Waals surface area contributed by atoms with E-state index in [1.165, 1.54) is 12.1 Å². The molecule has 1 aliphatic heterocycles. The SMILES string of the molecule is Cc1cc(N2CCCC(N)CC2)ccc1N. The fraction of sp³-hybridized carbons (Fsp3) is 0.538. The quantitative estimate of drug-likeness (QED) is 0.709. The number of benzene rings is 1. The van der Waals surface area contributed by atoms with E-state index in [2.05, 4.69) is 24.0 Å². The lowest BCUT2D eigenvalue weighted by atomic mass is 10.1. The Bertz CT molecular complexity index is 362. The fourth-order valence-corrected chi connectivity index (χ4v) is 2.24. The summed E-state index contributed by atoms with van der Waals surface area (Å²) in [6.45, 7) is 4.23. The van der Waals surface area contributed by atoms with Crippen LogP contribution < -0.4 is 16.4 Å². The fourth-order valence-electron chi connectivity index (χ4n) is 2.24. The molecule has 2 rings (SSSR count).